The molecule has 102 valence electrons. The number of nitrogens with one attached hydrogen (secondary N) is 1. The maximum atomic E-state index is 13.2. The number of rotatable bonds is 4. The van der Waals surface area contributed by atoms with Crippen molar-refractivity contribution in [2.75, 3.05) is 5.73 Å². The number of hydrogen-bond donors (Lipinski definition) is 2. The molecule has 2 rings (SSSR count). The Morgan fingerprint density at radius 1 is 1.47 bits per heavy atom. The molecule has 1 aromatic carbocycles. The molecule has 0 aliphatic heterocycles. The number of nitrogens with zero attached hydrogens (tertiary/aromatic N) is 1. The predicted molar refractivity (Wildman–Crippen MR) is 66.1 cm³/mol. The number of sulfonamides is 1. The molecule has 0 atom stereocenters. The van der Waals surface area contributed by atoms with Crippen LogP contribution in [-0.2, 0) is 16.6 Å². The van der Waals surface area contributed by atoms with Gasteiger partial charge in [-0.05, 0) is 25.1 Å². The van der Waals surface area contributed by atoms with Crippen LogP contribution in [0.3, 0.4) is 0 Å². The number of anilines is 1. The molecule has 6 nitrogen and oxygen atoms in total. The molecule has 0 bridgehead atoms. The Hall–Kier alpha value is -1.93. The molecule has 2 aromatic rings. The van der Waals surface area contributed by atoms with Crippen LogP contribution in [0.15, 0.2) is 33.7 Å². The van der Waals surface area contributed by atoms with Crippen LogP contribution in [0.25, 0.3) is 0 Å². The first-order valence-electron chi connectivity index (χ1n) is 5.34. The molecule has 0 radical (unpaired) electrons. The van der Waals surface area contributed by atoms with E-state index in [4.69, 9.17) is 10.2 Å². The number of aryl methyl sites for hydroxylation is 1. The van der Waals surface area contributed by atoms with Crippen molar-refractivity contribution >= 4 is 15.7 Å². The lowest BCUT2D eigenvalue weighted by atomic mass is 10.3. The van der Waals surface area contributed by atoms with Gasteiger partial charge in [0, 0.05) is 0 Å². The Morgan fingerprint density at radius 3 is 2.79 bits per heavy atom. The lowest BCUT2D eigenvalue weighted by Crippen LogP contribution is -2.23. The van der Waals surface area contributed by atoms with E-state index >= 15 is 0 Å². The lowest BCUT2D eigenvalue weighted by Gasteiger charge is -2.05. The molecule has 3 N–H and O–H groups in total. The fraction of sp³-hybridized carbons (Fsp3) is 0.182. The van der Waals surface area contributed by atoms with Crippen LogP contribution in [0, 0.1) is 12.7 Å². The molecular weight excluding hydrogens is 273 g/mol. The summed E-state index contributed by atoms with van der Waals surface area (Å²) in [5.74, 6) is 0.0274. The molecule has 0 fully saturated rings. The quantitative estimate of drug-likeness (QED) is 0.822. The van der Waals surface area contributed by atoms with Crippen LogP contribution < -0.4 is 10.5 Å². The summed E-state index contributed by atoms with van der Waals surface area (Å²) < 4.78 is 44.4. The zero-order chi connectivity index (χ0) is 14.0. The van der Waals surface area contributed by atoms with E-state index in [1.807, 2.05) is 0 Å². The fourth-order valence-corrected chi connectivity index (χ4v) is 2.38. The van der Waals surface area contributed by atoms with E-state index < -0.39 is 15.8 Å². The number of benzene rings is 1. The molecule has 1 heterocycles. The largest absolute Gasteiger partial charge is 0.445 e. The Balaban J connectivity index is 2.16. The van der Waals surface area contributed by atoms with Crippen LogP contribution in [-0.4, -0.2) is 13.4 Å². The van der Waals surface area contributed by atoms with Gasteiger partial charge < -0.3 is 10.2 Å². The van der Waals surface area contributed by atoms with E-state index in [1.165, 1.54) is 18.3 Å². The fourth-order valence-electron chi connectivity index (χ4n) is 1.40. The standard InChI is InChI=1S/C11H12FN3O3S/c1-7-5-14-11(18-7)6-15-19(16,17)8-2-3-10(13)9(12)4-8/h2-5,15H,6,13H2,1H3. The summed E-state index contributed by atoms with van der Waals surface area (Å²) >= 11 is 0. The van der Waals surface area contributed by atoms with Crippen molar-refractivity contribution < 1.29 is 17.2 Å². The topological polar surface area (TPSA) is 98.2 Å². The van der Waals surface area contributed by atoms with Gasteiger partial charge in [0.15, 0.2) is 0 Å². The molecule has 0 aliphatic carbocycles. The van der Waals surface area contributed by atoms with Crippen molar-refractivity contribution in [1.82, 2.24) is 9.71 Å². The van der Waals surface area contributed by atoms with E-state index in [2.05, 4.69) is 9.71 Å². The molecule has 0 amide bonds. The highest BCUT2D eigenvalue weighted by Gasteiger charge is 2.16. The monoisotopic (exact) mass is 285 g/mol. The molecule has 19 heavy (non-hydrogen) atoms. The van der Waals surface area contributed by atoms with Gasteiger partial charge >= 0.3 is 0 Å². The van der Waals surface area contributed by atoms with Crippen molar-refractivity contribution in [1.29, 1.82) is 0 Å². The Morgan fingerprint density at radius 2 is 2.21 bits per heavy atom. The molecular formula is C11H12FN3O3S. The van der Waals surface area contributed by atoms with E-state index in [-0.39, 0.29) is 23.0 Å². The maximum Gasteiger partial charge on any atom is 0.241 e. The number of halogens is 1. The maximum absolute atomic E-state index is 13.2. The van der Waals surface area contributed by atoms with Gasteiger partial charge in [-0.1, -0.05) is 0 Å². The first-order valence-corrected chi connectivity index (χ1v) is 6.83. The van der Waals surface area contributed by atoms with Gasteiger partial charge in [-0.3, -0.25) is 0 Å². The number of aromatic nitrogens is 1. The number of hydrogen-bond acceptors (Lipinski definition) is 5. The van der Waals surface area contributed by atoms with Crippen LogP contribution in [0.2, 0.25) is 0 Å². The minimum absolute atomic E-state index is 0.109. The minimum atomic E-state index is -3.83. The van der Waals surface area contributed by atoms with Gasteiger partial charge in [-0.25, -0.2) is 22.5 Å². The van der Waals surface area contributed by atoms with Gasteiger partial charge in [0.2, 0.25) is 15.9 Å². The molecule has 0 spiro atoms. The summed E-state index contributed by atoms with van der Waals surface area (Å²) in [5, 5.41) is 0. The van der Waals surface area contributed by atoms with Crippen LogP contribution in [0.5, 0.6) is 0 Å². The van der Waals surface area contributed by atoms with Gasteiger partial charge in [0.25, 0.3) is 0 Å². The lowest BCUT2D eigenvalue weighted by molar-refractivity contribution is 0.463. The summed E-state index contributed by atoms with van der Waals surface area (Å²) in [6.45, 7) is 1.59. The number of nitrogen functional groups attached to an aromatic ring is 1. The minimum Gasteiger partial charge on any atom is -0.445 e. The highest BCUT2D eigenvalue weighted by Crippen LogP contribution is 2.16. The average molecular weight is 285 g/mol. The normalized spacial score (nSPS) is 11.7. The van der Waals surface area contributed by atoms with Gasteiger partial charge in [0.1, 0.15) is 11.6 Å². The van der Waals surface area contributed by atoms with Crippen molar-refractivity contribution in [3.05, 3.63) is 41.9 Å². The molecule has 0 saturated heterocycles. The molecule has 0 unspecified atom stereocenters. The third-order valence-electron chi connectivity index (χ3n) is 2.36. The Kier molecular flexibility index (Phi) is 3.54. The first kappa shape index (κ1) is 13.5. The van der Waals surface area contributed by atoms with Crippen molar-refractivity contribution in [2.24, 2.45) is 0 Å². The third-order valence-corrected chi connectivity index (χ3v) is 3.76. The average Bonchev–Trinajstić information content (AvgIpc) is 2.76. The smallest absolute Gasteiger partial charge is 0.241 e. The molecule has 0 saturated carbocycles. The Bertz CT molecular complexity index is 697. The van der Waals surface area contributed by atoms with Gasteiger partial charge in [-0.2, -0.15) is 0 Å². The summed E-state index contributed by atoms with van der Waals surface area (Å²) in [6, 6.07) is 3.28. The molecule has 1 aromatic heterocycles. The zero-order valence-electron chi connectivity index (χ0n) is 10.1. The highest BCUT2D eigenvalue weighted by atomic mass is 32.2. The van der Waals surface area contributed by atoms with Crippen molar-refractivity contribution in [3.8, 4) is 0 Å². The third kappa shape index (κ3) is 3.09. The number of oxazole rings is 1. The SMILES string of the molecule is Cc1cnc(CNS(=O)(=O)c2ccc(N)c(F)c2)o1. The summed E-state index contributed by atoms with van der Waals surface area (Å²) in [5.41, 5.74) is 5.18. The van der Waals surface area contributed by atoms with Gasteiger partial charge in [-0.15, -0.1) is 0 Å². The summed E-state index contributed by atoms with van der Waals surface area (Å²) in [4.78, 5) is 3.65. The van der Waals surface area contributed by atoms with Crippen molar-refractivity contribution in [2.45, 2.75) is 18.4 Å². The molecule has 8 heteroatoms. The second kappa shape index (κ2) is 4.98. The molecule has 0 aliphatic rings. The summed E-state index contributed by atoms with van der Waals surface area (Å²) in [7, 11) is -3.83. The Labute approximate surface area is 109 Å². The predicted octanol–water partition coefficient (Wildman–Crippen LogP) is 1.18. The second-order valence-electron chi connectivity index (χ2n) is 3.87. The zero-order valence-corrected chi connectivity index (χ0v) is 10.9. The number of nitrogens with two attached hydrogens (primary N) is 1. The first-order chi connectivity index (χ1) is 8.88. The van der Waals surface area contributed by atoms with E-state index in [1.54, 1.807) is 6.92 Å². The van der Waals surface area contributed by atoms with Crippen LogP contribution >= 0.6 is 0 Å². The van der Waals surface area contributed by atoms with Crippen LogP contribution in [0.1, 0.15) is 11.7 Å². The van der Waals surface area contributed by atoms with Crippen molar-refractivity contribution in [3.63, 3.8) is 0 Å². The van der Waals surface area contributed by atoms with Crippen LogP contribution in [0.4, 0.5) is 10.1 Å². The second-order valence-corrected chi connectivity index (χ2v) is 5.64. The summed E-state index contributed by atoms with van der Waals surface area (Å²) in [6.07, 6.45) is 1.48. The van der Waals surface area contributed by atoms with E-state index in [0.717, 1.165) is 6.07 Å². The highest BCUT2D eigenvalue weighted by molar-refractivity contribution is 7.89. The van der Waals surface area contributed by atoms with Gasteiger partial charge in [0.05, 0.1) is 23.3 Å². The van der Waals surface area contributed by atoms with E-state index in [0.29, 0.717) is 5.76 Å². The van der Waals surface area contributed by atoms with E-state index in [9.17, 15) is 12.8 Å².